The second-order valence-corrected chi connectivity index (χ2v) is 14.1. The first kappa shape index (κ1) is 28.2. The summed E-state index contributed by atoms with van der Waals surface area (Å²) in [7, 11) is 0. The summed E-state index contributed by atoms with van der Waals surface area (Å²) in [5, 5.41) is 0.735. The minimum absolute atomic E-state index is 0.0720. The number of benzene rings is 1. The lowest BCUT2D eigenvalue weighted by Crippen LogP contribution is -2.64. The fourth-order valence-corrected chi connectivity index (χ4v) is 7.45. The van der Waals surface area contributed by atoms with Crippen LogP contribution in [0.15, 0.2) is 10.5 Å². The molecule has 0 bridgehead atoms. The van der Waals surface area contributed by atoms with Crippen molar-refractivity contribution >= 4 is 50.3 Å². The molecule has 2 aromatic rings. The standard InChI is InChI=1S/C28H35BrClF2N5O3/c1-26(2,3)40-25(38)36-14-27(15-36)6-4-8-35(13-27)23-18-10-19(30)20(29)21(32)22(18)33-24(34-23)39-16-28-7-5-9-37(28)12-17(31)11-28/h10,17H,4-9,11-16H2,1-3H3/t17-,28+/m1/s1. The van der Waals surface area contributed by atoms with Crippen LogP contribution in [0.5, 0.6) is 6.01 Å². The van der Waals surface area contributed by atoms with E-state index >= 15 is 4.39 Å². The Kier molecular flexibility index (Phi) is 7.10. The van der Waals surface area contributed by atoms with Crippen molar-refractivity contribution in [3.8, 4) is 6.01 Å². The van der Waals surface area contributed by atoms with E-state index in [-0.39, 0.29) is 44.7 Å². The fraction of sp³-hybridized carbons (Fsp3) is 0.679. The van der Waals surface area contributed by atoms with Crippen LogP contribution in [0, 0.1) is 11.2 Å². The predicted octanol–water partition coefficient (Wildman–Crippen LogP) is 5.98. The summed E-state index contributed by atoms with van der Waals surface area (Å²) < 4.78 is 41.6. The number of rotatable bonds is 4. The number of likely N-dealkylation sites (tertiary alicyclic amines) is 1. The fourth-order valence-electron chi connectivity index (χ4n) is 6.96. The van der Waals surface area contributed by atoms with Crippen molar-refractivity contribution in [1.82, 2.24) is 19.8 Å². The lowest BCUT2D eigenvalue weighted by Gasteiger charge is -2.54. The summed E-state index contributed by atoms with van der Waals surface area (Å²) in [4.78, 5) is 27.9. The number of hydrogen-bond donors (Lipinski definition) is 0. The van der Waals surface area contributed by atoms with Crippen molar-refractivity contribution in [2.75, 3.05) is 50.8 Å². The van der Waals surface area contributed by atoms with Crippen LogP contribution in [0.2, 0.25) is 5.02 Å². The molecule has 2 atom stereocenters. The molecule has 1 aromatic carbocycles. The number of piperidine rings is 1. The molecule has 0 radical (unpaired) electrons. The zero-order chi connectivity index (χ0) is 28.4. The van der Waals surface area contributed by atoms with Crippen molar-refractivity contribution in [1.29, 1.82) is 0 Å². The Morgan fingerprint density at radius 1 is 1.20 bits per heavy atom. The van der Waals surface area contributed by atoms with Crippen LogP contribution in [-0.4, -0.2) is 89.0 Å². The van der Waals surface area contributed by atoms with Gasteiger partial charge in [0.2, 0.25) is 0 Å². The van der Waals surface area contributed by atoms with Crippen LogP contribution >= 0.6 is 27.5 Å². The Labute approximate surface area is 246 Å². The number of carbonyl (C=O) groups excluding carboxylic acids is 1. The maximum Gasteiger partial charge on any atom is 0.410 e. The Hall–Kier alpha value is -1.98. The summed E-state index contributed by atoms with van der Waals surface area (Å²) in [6, 6.07) is 1.75. The number of carbonyl (C=O) groups is 1. The van der Waals surface area contributed by atoms with E-state index in [0.717, 1.165) is 38.8 Å². The van der Waals surface area contributed by atoms with Gasteiger partial charge in [0.25, 0.3) is 0 Å². The monoisotopic (exact) mass is 641 g/mol. The number of amides is 1. The molecule has 1 aromatic heterocycles. The number of hydrogen-bond acceptors (Lipinski definition) is 7. The van der Waals surface area contributed by atoms with Crippen LogP contribution < -0.4 is 9.64 Å². The second-order valence-electron chi connectivity index (χ2n) is 12.9. The van der Waals surface area contributed by atoms with Crippen LogP contribution in [0.25, 0.3) is 10.9 Å². The predicted molar refractivity (Wildman–Crippen MR) is 152 cm³/mol. The van der Waals surface area contributed by atoms with Crippen molar-refractivity contribution in [2.45, 2.75) is 70.2 Å². The van der Waals surface area contributed by atoms with Gasteiger partial charge >= 0.3 is 12.1 Å². The minimum Gasteiger partial charge on any atom is -0.461 e. The Morgan fingerprint density at radius 3 is 2.70 bits per heavy atom. The van der Waals surface area contributed by atoms with Crippen LogP contribution in [-0.2, 0) is 4.74 Å². The van der Waals surface area contributed by atoms with E-state index in [9.17, 15) is 9.18 Å². The smallest absolute Gasteiger partial charge is 0.410 e. The van der Waals surface area contributed by atoms with Crippen LogP contribution in [0.3, 0.4) is 0 Å². The average Bonchev–Trinajstić information content (AvgIpc) is 3.39. The summed E-state index contributed by atoms with van der Waals surface area (Å²) in [5.74, 6) is -0.0218. The third-order valence-electron chi connectivity index (χ3n) is 8.68. The molecule has 4 aliphatic heterocycles. The molecule has 40 heavy (non-hydrogen) atoms. The van der Waals surface area contributed by atoms with Gasteiger partial charge in [-0.05, 0) is 75.0 Å². The minimum atomic E-state index is -0.875. The molecule has 4 aliphatic rings. The number of ether oxygens (including phenoxy) is 2. The molecule has 8 nitrogen and oxygen atoms in total. The summed E-state index contributed by atoms with van der Waals surface area (Å²) in [5.41, 5.74) is -0.904. The first-order valence-corrected chi connectivity index (χ1v) is 15.1. The van der Waals surface area contributed by atoms with Gasteiger partial charge in [0.05, 0.1) is 15.0 Å². The van der Waals surface area contributed by atoms with Crippen LogP contribution in [0.4, 0.5) is 19.4 Å². The lowest BCUT2D eigenvalue weighted by atomic mass is 9.73. The highest BCUT2D eigenvalue weighted by atomic mass is 79.9. The first-order chi connectivity index (χ1) is 18.9. The molecule has 4 fully saturated rings. The van der Waals surface area contributed by atoms with E-state index in [2.05, 4.69) is 30.7 Å². The SMILES string of the molecule is CC(C)(C)OC(=O)N1CC2(CCCN(c3nc(OC[C@@]45CCCN4C[C@H](F)C5)nc4c(F)c(Br)c(Cl)cc34)C2)C1. The van der Waals surface area contributed by atoms with Gasteiger partial charge in [0, 0.05) is 49.9 Å². The highest BCUT2D eigenvalue weighted by molar-refractivity contribution is 9.10. The summed E-state index contributed by atoms with van der Waals surface area (Å²) in [6.07, 6.45) is 2.96. The number of anilines is 1. The Balaban J connectivity index is 1.28. The molecule has 0 N–H and O–H groups in total. The van der Waals surface area contributed by atoms with Gasteiger partial charge in [0.1, 0.15) is 29.7 Å². The second kappa shape index (κ2) is 10.1. The molecule has 0 aliphatic carbocycles. The van der Waals surface area contributed by atoms with Crippen LogP contribution in [0.1, 0.15) is 52.9 Å². The average molecular weight is 643 g/mol. The third-order valence-corrected chi connectivity index (χ3v) is 9.98. The topological polar surface area (TPSA) is 71.0 Å². The van der Waals surface area contributed by atoms with Gasteiger partial charge in [-0.25, -0.2) is 13.6 Å². The first-order valence-electron chi connectivity index (χ1n) is 14.0. The molecular weight excluding hydrogens is 608 g/mol. The zero-order valence-electron chi connectivity index (χ0n) is 23.1. The number of aromatic nitrogens is 2. The highest BCUT2D eigenvalue weighted by Gasteiger charge is 2.50. The Morgan fingerprint density at radius 2 is 1.95 bits per heavy atom. The maximum absolute atomic E-state index is 15.5. The van der Waals surface area contributed by atoms with E-state index in [1.807, 2.05) is 20.8 Å². The van der Waals surface area contributed by atoms with E-state index in [0.29, 0.717) is 43.8 Å². The number of fused-ring (bicyclic) bond motifs is 2. The lowest BCUT2D eigenvalue weighted by molar-refractivity contribution is -0.0390. The van der Waals surface area contributed by atoms with Crippen molar-refractivity contribution in [3.05, 3.63) is 21.4 Å². The van der Waals surface area contributed by atoms with Gasteiger partial charge in [-0.3, -0.25) is 4.90 Å². The van der Waals surface area contributed by atoms with Gasteiger partial charge in [-0.2, -0.15) is 9.97 Å². The molecule has 0 saturated carbocycles. The molecular formula is C28H35BrClF2N5O3. The number of alkyl halides is 1. The largest absolute Gasteiger partial charge is 0.461 e. The van der Waals surface area contributed by atoms with Crippen molar-refractivity contribution in [3.63, 3.8) is 0 Å². The summed E-state index contributed by atoms with van der Waals surface area (Å²) >= 11 is 9.61. The van der Waals surface area contributed by atoms with Gasteiger partial charge in [-0.1, -0.05) is 11.6 Å². The zero-order valence-corrected chi connectivity index (χ0v) is 25.5. The van der Waals surface area contributed by atoms with Crippen molar-refractivity contribution < 1.29 is 23.0 Å². The third kappa shape index (κ3) is 5.11. The molecule has 1 spiro atoms. The highest BCUT2D eigenvalue weighted by Crippen LogP contribution is 2.44. The molecule has 5 heterocycles. The molecule has 1 amide bonds. The van der Waals surface area contributed by atoms with E-state index in [1.54, 1.807) is 11.0 Å². The molecule has 4 saturated heterocycles. The molecule has 218 valence electrons. The molecule has 12 heteroatoms. The van der Waals surface area contributed by atoms with Crippen molar-refractivity contribution in [2.24, 2.45) is 5.41 Å². The van der Waals surface area contributed by atoms with Gasteiger partial charge < -0.3 is 19.3 Å². The number of nitrogens with zero attached hydrogens (tertiary/aromatic N) is 5. The quantitative estimate of drug-likeness (QED) is 0.380. The van der Waals surface area contributed by atoms with E-state index < -0.39 is 17.6 Å². The Bertz CT molecular complexity index is 1340. The maximum atomic E-state index is 15.5. The van der Waals surface area contributed by atoms with E-state index in [1.165, 1.54) is 0 Å². The van der Waals surface area contributed by atoms with E-state index in [4.69, 9.17) is 26.1 Å². The van der Waals surface area contributed by atoms with Gasteiger partial charge in [0.15, 0.2) is 5.82 Å². The number of halogens is 4. The van der Waals surface area contributed by atoms with Gasteiger partial charge in [-0.15, -0.1) is 0 Å². The molecule has 6 rings (SSSR count). The summed E-state index contributed by atoms with van der Waals surface area (Å²) in [6.45, 7) is 9.65. The normalized spacial score (nSPS) is 26.3. The molecule has 0 unspecified atom stereocenters.